The molecule has 1 aliphatic carbocycles. The van der Waals surface area contributed by atoms with Crippen molar-refractivity contribution in [2.24, 2.45) is 0 Å². The lowest BCUT2D eigenvalue weighted by Gasteiger charge is -2.12. The van der Waals surface area contributed by atoms with Gasteiger partial charge in [-0.25, -0.2) is 0 Å². The van der Waals surface area contributed by atoms with Gasteiger partial charge in [0.25, 0.3) is 0 Å². The van der Waals surface area contributed by atoms with Gasteiger partial charge in [0.2, 0.25) is 5.78 Å². The molecule has 0 unspecified atom stereocenters. The zero-order valence-corrected chi connectivity index (χ0v) is 13.9. The molecule has 0 amide bonds. The predicted octanol–water partition coefficient (Wildman–Crippen LogP) is 4.42. The van der Waals surface area contributed by atoms with Crippen molar-refractivity contribution in [3.8, 4) is 0 Å². The standard InChI is InChI=1S/C21H12O3S/c22-18(13-6-2-1-3-7-13)11-10-14-12-17-19(23)15-8-4-5-9-16(15)20(24)21(17)25-14/h1-12H/b11-10+. The molecule has 1 aliphatic rings. The number of carbonyl (C=O) groups excluding carboxylic acids is 3. The van der Waals surface area contributed by atoms with Crippen molar-refractivity contribution in [3.05, 3.63) is 98.7 Å². The smallest absolute Gasteiger partial charge is 0.204 e. The van der Waals surface area contributed by atoms with E-state index in [1.165, 1.54) is 17.4 Å². The highest BCUT2D eigenvalue weighted by Gasteiger charge is 2.31. The van der Waals surface area contributed by atoms with Crippen LogP contribution in [0.1, 0.15) is 46.4 Å². The van der Waals surface area contributed by atoms with Crippen molar-refractivity contribution in [2.75, 3.05) is 0 Å². The van der Waals surface area contributed by atoms with E-state index in [9.17, 15) is 14.4 Å². The minimum Gasteiger partial charge on any atom is -0.289 e. The van der Waals surface area contributed by atoms with Crippen molar-refractivity contribution in [1.82, 2.24) is 0 Å². The number of hydrogen-bond donors (Lipinski definition) is 0. The summed E-state index contributed by atoms with van der Waals surface area (Å²) in [5, 5.41) is 0. The molecule has 1 aromatic heterocycles. The molecule has 0 saturated heterocycles. The van der Waals surface area contributed by atoms with E-state index in [0.717, 1.165) is 0 Å². The number of allylic oxidation sites excluding steroid dienone is 1. The average molecular weight is 344 g/mol. The van der Waals surface area contributed by atoms with Crippen molar-refractivity contribution in [1.29, 1.82) is 0 Å². The summed E-state index contributed by atoms with van der Waals surface area (Å²) in [6, 6.07) is 17.5. The van der Waals surface area contributed by atoms with Gasteiger partial charge in [0.15, 0.2) is 11.6 Å². The van der Waals surface area contributed by atoms with Crippen LogP contribution in [0.2, 0.25) is 0 Å². The number of rotatable bonds is 3. The molecule has 3 nitrogen and oxygen atoms in total. The first-order valence-corrected chi connectivity index (χ1v) is 8.56. The average Bonchev–Trinajstić information content (AvgIpc) is 3.10. The molecule has 2 aromatic carbocycles. The van der Waals surface area contributed by atoms with Gasteiger partial charge in [0.05, 0.1) is 4.88 Å². The maximum absolute atomic E-state index is 12.6. The van der Waals surface area contributed by atoms with Crippen LogP contribution in [-0.4, -0.2) is 17.3 Å². The lowest BCUT2D eigenvalue weighted by Crippen LogP contribution is -2.18. The molecule has 0 aliphatic heterocycles. The molecule has 25 heavy (non-hydrogen) atoms. The van der Waals surface area contributed by atoms with Gasteiger partial charge in [-0.3, -0.25) is 14.4 Å². The maximum atomic E-state index is 12.6. The molecule has 0 saturated carbocycles. The van der Waals surface area contributed by atoms with E-state index in [0.29, 0.717) is 32.0 Å². The molecule has 3 aromatic rings. The Morgan fingerprint density at radius 3 is 2.16 bits per heavy atom. The summed E-state index contributed by atoms with van der Waals surface area (Å²) in [7, 11) is 0. The number of ketones is 3. The highest BCUT2D eigenvalue weighted by atomic mass is 32.1. The zero-order valence-electron chi connectivity index (χ0n) is 13.1. The highest BCUT2D eigenvalue weighted by molar-refractivity contribution is 7.15. The number of benzene rings is 2. The second kappa shape index (κ2) is 6.07. The van der Waals surface area contributed by atoms with Crippen LogP contribution in [0.15, 0.2) is 66.7 Å². The Morgan fingerprint density at radius 2 is 1.44 bits per heavy atom. The van der Waals surface area contributed by atoms with Gasteiger partial charge in [-0.1, -0.05) is 54.6 Å². The fraction of sp³-hybridized carbons (Fsp3) is 0. The Bertz CT molecular complexity index is 990. The minimum absolute atomic E-state index is 0.118. The third-order valence-electron chi connectivity index (χ3n) is 4.08. The van der Waals surface area contributed by atoms with Gasteiger partial charge in [0, 0.05) is 27.1 Å². The number of fused-ring (bicyclic) bond motifs is 2. The first-order chi connectivity index (χ1) is 12.1. The second-order valence-electron chi connectivity index (χ2n) is 5.66. The SMILES string of the molecule is O=C(/C=C/c1cc2c(s1)C(=O)c1ccccc1C2=O)c1ccccc1. The zero-order chi connectivity index (χ0) is 17.4. The topological polar surface area (TPSA) is 51.2 Å². The monoisotopic (exact) mass is 344 g/mol. The van der Waals surface area contributed by atoms with Gasteiger partial charge >= 0.3 is 0 Å². The van der Waals surface area contributed by atoms with E-state index in [-0.39, 0.29) is 17.3 Å². The minimum atomic E-state index is -0.143. The molecular weight excluding hydrogens is 332 g/mol. The predicted molar refractivity (Wildman–Crippen MR) is 97.4 cm³/mol. The van der Waals surface area contributed by atoms with E-state index in [1.54, 1.807) is 60.7 Å². The Labute approximate surface area is 148 Å². The molecular formula is C21H12O3S. The van der Waals surface area contributed by atoms with Crippen LogP contribution in [0.4, 0.5) is 0 Å². The first kappa shape index (κ1) is 15.4. The van der Waals surface area contributed by atoms with Crippen molar-refractivity contribution in [2.45, 2.75) is 0 Å². The second-order valence-corrected chi connectivity index (χ2v) is 6.74. The summed E-state index contributed by atoms with van der Waals surface area (Å²) >= 11 is 1.24. The van der Waals surface area contributed by atoms with Crippen molar-refractivity contribution >= 4 is 34.8 Å². The van der Waals surface area contributed by atoms with E-state index >= 15 is 0 Å². The lowest BCUT2D eigenvalue weighted by molar-refractivity contribution is 0.0982. The molecule has 120 valence electrons. The van der Waals surface area contributed by atoms with Crippen LogP contribution in [0.5, 0.6) is 0 Å². The molecule has 0 fully saturated rings. The lowest BCUT2D eigenvalue weighted by atomic mass is 9.89. The third-order valence-corrected chi connectivity index (χ3v) is 5.17. The number of hydrogen-bond acceptors (Lipinski definition) is 4. The van der Waals surface area contributed by atoms with Gasteiger partial charge in [0.1, 0.15) is 0 Å². The summed E-state index contributed by atoms with van der Waals surface area (Å²) in [6.45, 7) is 0. The molecule has 0 atom stereocenters. The van der Waals surface area contributed by atoms with E-state index in [2.05, 4.69) is 0 Å². The quantitative estimate of drug-likeness (QED) is 0.408. The Kier molecular flexibility index (Phi) is 3.75. The number of carbonyl (C=O) groups is 3. The molecule has 0 spiro atoms. The summed E-state index contributed by atoms with van der Waals surface area (Å²) in [5.74, 6) is -0.396. The first-order valence-electron chi connectivity index (χ1n) is 7.75. The fourth-order valence-electron chi connectivity index (χ4n) is 2.83. The Hall–Kier alpha value is -3.11. The summed E-state index contributed by atoms with van der Waals surface area (Å²) in [6.07, 6.45) is 3.12. The molecule has 4 rings (SSSR count). The number of thiophene rings is 1. The van der Waals surface area contributed by atoms with E-state index < -0.39 is 0 Å². The van der Waals surface area contributed by atoms with Gasteiger partial charge in [-0.05, 0) is 18.2 Å². The van der Waals surface area contributed by atoms with Gasteiger partial charge in [-0.2, -0.15) is 0 Å². The van der Waals surface area contributed by atoms with E-state index in [1.807, 2.05) is 6.07 Å². The Balaban J connectivity index is 1.67. The third kappa shape index (κ3) is 2.66. The summed E-state index contributed by atoms with van der Waals surface area (Å²) in [5.41, 5.74) is 1.89. The van der Waals surface area contributed by atoms with Crippen LogP contribution in [-0.2, 0) is 0 Å². The van der Waals surface area contributed by atoms with Crippen LogP contribution in [0.25, 0.3) is 6.08 Å². The molecule has 4 heteroatoms. The largest absolute Gasteiger partial charge is 0.289 e. The molecule has 0 bridgehead atoms. The van der Waals surface area contributed by atoms with Crippen LogP contribution < -0.4 is 0 Å². The summed E-state index contributed by atoms with van der Waals surface area (Å²) in [4.78, 5) is 38.5. The van der Waals surface area contributed by atoms with Gasteiger partial charge < -0.3 is 0 Å². The fourth-order valence-corrected chi connectivity index (χ4v) is 3.85. The summed E-state index contributed by atoms with van der Waals surface area (Å²) < 4.78 is 0. The normalized spacial score (nSPS) is 13.0. The van der Waals surface area contributed by atoms with E-state index in [4.69, 9.17) is 0 Å². The van der Waals surface area contributed by atoms with Gasteiger partial charge in [-0.15, -0.1) is 11.3 Å². The molecule has 1 heterocycles. The van der Waals surface area contributed by atoms with Crippen molar-refractivity contribution in [3.63, 3.8) is 0 Å². The van der Waals surface area contributed by atoms with Crippen LogP contribution >= 0.6 is 11.3 Å². The Morgan fingerprint density at radius 1 is 0.800 bits per heavy atom. The highest BCUT2D eigenvalue weighted by Crippen LogP contribution is 2.33. The molecule has 0 N–H and O–H groups in total. The van der Waals surface area contributed by atoms with Crippen LogP contribution in [0.3, 0.4) is 0 Å². The molecule has 0 radical (unpaired) electrons. The van der Waals surface area contributed by atoms with Crippen LogP contribution in [0, 0.1) is 0 Å². The van der Waals surface area contributed by atoms with Crippen molar-refractivity contribution < 1.29 is 14.4 Å². The maximum Gasteiger partial charge on any atom is 0.204 e.